The molecule has 1 amide bonds. The molecular formula is C21H18FN3O3S2. The summed E-state index contributed by atoms with van der Waals surface area (Å²) in [6.45, 7) is 2.71. The number of rotatable bonds is 8. The Morgan fingerprint density at radius 1 is 1.20 bits per heavy atom. The van der Waals surface area contributed by atoms with Crippen molar-refractivity contribution in [3.05, 3.63) is 71.2 Å². The van der Waals surface area contributed by atoms with Gasteiger partial charge in [0.05, 0.1) is 6.61 Å². The van der Waals surface area contributed by atoms with Crippen molar-refractivity contribution in [1.82, 2.24) is 10.2 Å². The number of para-hydroxylation sites is 1. The lowest BCUT2D eigenvalue weighted by molar-refractivity contribution is 0.0984. The minimum atomic E-state index is -0.396. The summed E-state index contributed by atoms with van der Waals surface area (Å²) >= 11 is 2.74. The SMILES string of the molecule is CCOCc1c(C(=O)Nc2nnc(SCc3ccc(F)cc3)s2)oc2ccccc12. The van der Waals surface area contributed by atoms with Gasteiger partial charge >= 0.3 is 0 Å². The number of hydrogen-bond acceptors (Lipinski definition) is 7. The van der Waals surface area contributed by atoms with Crippen molar-refractivity contribution in [3.8, 4) is 0 Å². The number of aromatic nitrogens is 2. The van der Waals surface area contributed by atoms with E-state index in [1.165, 1.54) is 35.2 Å². The van der Waals surface area contributed by atoms with Gasteiger partial charge in [-0.1, -0.05) is 53.4 Å². The zero-order valence-corrected chi connectivity index (χ0v) is 17.7. The fraction of sp³-hybridized carbons (Fsp3) is 0.190. The predicted octanol–water partition coefficient (Wildman–Crippen LogP) is 5.50. The van der Waals surface area contributed by atoms with Crippen molar-refractivity contribution in [2.75, 3.05) is 11.9 Å². The number of nitrogens with one attached hydrogen (secondary N) is 1. The second-order valence-electron chi connectivity index (χ2n) is 6.29. The summed E-state index contributed by atoms with van der Waals surface area (Å²) in [6, 6.07) is 13.8. The maximum absolute atomic E-state index is 13.0. The van der Waals surface area contributed by atoms with E-state index in [9.17, 15) is 9.18 Å². The molecule has 9 heteroatoms. The average Bonchev–Trinajstić information content (AvgIpc) is 3.36. The quantitative estimate of drug-likeness (QED) is 0.286. The number of carbonyl (C=O) groups is 1. The molecule has 0 aliphatic rings. The molecule has 0 unspecified atom stereocenters. The molecule has 4 rings (SSSR count). The van der Waals surface area contributed by atoms with Gasteiger partial charge in [-0.3, -0.25) is 10.1 Å². The Balaban J connectivity index is 1.46. The van der Waals surface area contributed by atoms with Crippen molar-refractivity contribution in [2.24, 2.45) is 0 Å². The molecule has 0 saturated carbocycles. The number of fused-ring (bicyclic) bond motifs is 1. The number of carbonyl (C=O) groups excluding carboxylic acids is 1. The summed E-state index contributed by atoms with van der Waals surface area (Å²) in [5, 5.41) is 12.1. The summed E-state index contributed by atoms with van der Waals surface area (Å²) in [4.78, 5) is 12.8. The molecule has 0 aliphatic heterocycles. The van der Waals surface area contributed by atoms with Crippen LogP contribution in [0.3, 0.4) is 0 Å². The van der Waals surface area contributed by atoms with E-state index in [2.05, 4.69) is 15.5 Å². The van der Waals surface area contributed by atoms with Gasteiger partial charge in [0.15, 0.2) is 10.1 Å². The Morgan fingerprint density at radius 3 is 2.80 bits per heavy atom. The predicted molar refractivity (Wildman–Crippen MR) is 115 cm³/mol. The van der Waals surface area contributed by atoms with Crippen LogP contribution in [0.5, 0.6) is 0 Å². The summed E-state index contributed by atoms with van der Waals surface area (Å²) in [5.74, 6) is 0.178. The summed E-state index contributed by atoms with van der Waals surface area (Å²) in [7, 11) is 0. The van der Waals surface area contributed by atoms with Crippen LogP contribution in [0, 0.1) is 5.82 Å². The van der Waals surface area contributed by atoms with E-state index in [0.717, 1.165) is 10.9 Å². The number of thioether (sulfide) groups is 1. The van der Waals surface area contributed by atoms with E-state index in [-0.39, 0.29) is 18.2 Å². The monoisotopic (exact) mass is 443 g/mol. The zero-order chi connectivity index (χ0) is 20.9. The highest BCUT2D eigenvalue weighted by Crippen LogP contribution is 2.30. The molecule has 6 nitrogen and oxygen atoms in total. The molecule has 0 fully saturated rings. The molecule has 30 heavy (non-hydrogen) atoms. The zero-order valence-electron chi connectivity index (χ0n) is 16.1. The van der Waals surface area contributed by atoms with Crippen LogP contribution in [0.15, 0.2) is 57.3 Å². The van der Waals surface area contributed by atoms with Crippen molar-refractivity contribution in [1.29, 1.82) is 0 Å². The molecule has 2 heterocycles. The van der Waals surface area contributed by atoms with Gasteiger partial charge in [0.1, 0.15) is 11.4 Å². The van der Waals surface area contributed by atoms with E-state index < -0.39 is 5.91 Å². The van der Waals surface area contributed by atoms with Gasteiger partial charge in [0.2, 0.25) is 5.13 Å². The number of hydrogen-bond donors (Lipinski definition) is 1. The Bertz CT molecular complexity index is 1160. The fourth-order valence-electron chi connectivity index (χ4n) is 2.83. The standard InChI is InChI=1S/C21H18FN3O3S2/c1-2-27-11-16-15-5-3-4-6-17(15)28-18(16)19(26)23-20-24-25-21(30-20)29-12-13-7-9-14(22)10-8-13/h3-10H,2,11-12H2,1H3,(H,23,24,26). The van der Waals surface area contributed by atoms with Gasteiger partial charge in [-0.05, 0) is 30.7 Å². The average molecular weight is 444 g/mol. The van der Waals surface area contributed by atoms with Gasteiger partial charge in [0.25, 0.3) is 5.91 Å². The molecular weight excluding hydrogens is 425 g/mol. The van der Waals surface area contributed by atoms with Crippen molar-refractivity contribution in [2.45, 2.75) is 23.6 Å². The first-order valence-electron chi connectivity index (χ1n) is 9.24. The molecule has 0 saturated heterocycles. The first-order valence-corrected chi connectivity index (χ1v) is 11.0. The van der Waals surface area contributed by atoms with Crippen LogP contribution in [-0.4, -0.2) is 22.7 Å². The minimum absolute atomic E-state index is 0.209. The summed E-state index contributed by atoms with van der Waals surface area (Å²) < 4.78 is 25.0. The van der Waals surface area contributed by atoms with Crippen LogP contribution in [0.25, 0.3) is 11.0 Å². The molecule has 4 aromatic rings. The summed E-state index contributed by atoms with van der Waals surface area (Å²) in [6.07, 6.45) is 0. The second-order valence-corrected chi connectivity index (χ2v) is 8.49. The van der Waals surface area contributed by atoms with Crippen LogP contribution in [-0.2, 0) is 17.1 Å². The summed E-state index contributed by atoms with van der Waals surface area (Å²) in [5.41, 5.74) is 2.32. The van der Waals surface area contributed by atoms with Gasteiger partial charge in [-0.15, -0.1) is 10.2 Å². The Morgan fingerprint density at radius 2 is 2.00 bits per heavy atom. The number of halogens is 1. The number of anilines is 1. The van der Waals surface area contributed by atoms with Crippen LogP contribution in [0.1, 0.15) is 28.6 Å². The largest absolute Gasteiger partial charge is 0.451 e. The number of amides is 1. The Labute approximate surface area is 180 Å². The van der Waals surface area contributed by atoms with E-state index >= 15 is 0 Å². The molecule has 154 valence electrons. The molecule has 0 aliphatic carbocycles. The highest BCUT2D eigenvalue weighted by atomic mass is 32.2. The molecule has 2 aromatic heterocycles. The Kier molecular flexibility index (Phi) is 6.41. The lowest BCUT2D eigenvalue weighted by Crippen LogP contribution is -2.13. The smallest absolute Gasteiger partial charge is 0.293 e. The van der Waals surface area contributed by atoms with Crippen LogP contribution >= 0.6 is 23.1 Å². The van der Waals surface area contributed by atoms with Crippen LogP contribution < -0.4 is 5.32 Å². The van der Waals surface area contributed by atoms with Crippen molar-refractivity contribution in [3.63, 3.8) is 0 Å². The highest BCUT2D eigenvalue weighted by molar-refractivity contribution is 8.00. The van der Waals surface area contributed by atoms with E-state index in [4.69, 9.17) is 9.15 Å². The first kappa shape index (κ1) is 20.5. The van der Waals surface area contributed by atoms with Gasteiger partial charge in [-0.25, -0.2) is 4.39 Å². The van der Waals surface area contributed by atoms with Gasteiger partial charge in [0, 0.05) is 23.3 Å². The van der Waals surface area contributed by atoms with E-state index in [1.54, 1.807) is 12.1 Å². The van der Waals surface area contributed by atoms with Crippen molar-refractivity contribution >= 4 is 45.1 Å². The third-order valence-electron chi connectivity index (χ3n) is 4.26. The molecule has 1 N–H and O–H groups in total. The molecule has 0 atom stereocenters. The molecule has 0 spiro atoms. The van der Waals surface area contributed by atoms with E-state index in [0.29, 0.717) is 33.0 Å². The highest BCUT2D eigenvalue weighted by Gasteiger charge is 2.21. The maximum atomic E-state index is 13.0. The van der Waals surface area contributed by atoms with Crippen molar-refractivity contribution < 1.29 is 18.3 Å². The third kappa shape index (κ3) is 4.69. The van der Waals surface area contributed by atoms with Crippen LogP contribution in [0.4, 0.5) is 9.52 Å². The third-order valence-corrected chi connectivity index (χ3v) is 6.30. The van der Waals surface area contributed by atoms with Gasteiger partial charge in [-0.2, -0.15) is 0 Å². The molecule has 0 bridgehead atoms. The van der Waals surface area contributed by atoms with Gasteiger partial charge < -0.3 is 9.15 Å². The Hall–Kier alpha value is -2.75. The number of benzene rings is 2. The maximum Gasteiger partial charge on any atom is 0.293 e. The second kappa shape index (κ2) is 9.38. The minimum Gasteiger partial charge on any atom is -0.451 e. The number of nitrogens with zero attached hydrogens (tertiary/aromatic N) is 2. The van der Waals surface area contributed by atoms with E-state index in [1.807, 2.05) is 31.2 Å². The first-order chi connectivity index (χ1) is 14.6. The topological polar surface area (TPSA) is 77.2 Å². The number of furan rings is 1. The fourth-order valence-corrected chi connectivity index (χ4v) is 4.53. The van der Waals surface area contributed by atoms with Crippen LogP contribution in [0.2, 0.25) is 0 Å². The normalized spacial score (nSPS) is 11.1. The molecule has 2 aromatic carbocycles. The lowest BCUT2D eigenvalue weighted by atomic mass is 10.1. The lowest BCUT2D eigenvalue weighted by Gasteiger charge is -2.03. The number of ether oxygens (including phenoxy) is 1. The molecule has 0 radical (unpaired) electrons.